The molecule has 1 radical (unpaired) electrons. The lowest BCUT2D eigenvalue weighted by Crippen LogP contribution is -1.87. The first-order valence-electron chi connectivity index (χ1n) is 4.78. The highest BCUT2D eigenvalue weighted by Gasteiger charge is 2.01. The Hall–Kier alpha value is -0.570. The maximum Gasteiger partial charge on any atom is 0.0136 e. The lowest BCUT2D eigenvalue weighted by atomic mass is 9.99. The van der Waals surface area contributed by atoms with Gasteiger partial charge in [0.1, 0.15) is 0 Å². The third-order valence-corrected chi connectivity index (χ3v) is 3.03. The van der Waals surface area contributed by atoms with Gasteiger partial charge in [0.05, 0.1) is 0 Å². The van der Waals surface area contributed by atoms with Crippen molar-refractivity contribution in [2.75, 3.05) is 0 Å². The molecule has 0 fully saturated rings. The molecule has 71 valence electrons. The van der Waals surface area contributed by atoms with Crippen molar-refractivity contribution in [3.8, 4) is 0 Å². The van der Waals surface area contributed by atoms with Crippen LogP contribution >= 0.6 is 22.6 Å². The van der Waals surface area contributed by atoms with Gasteiger partial charge >= 0.3 is 0 Å². The van der Waals surface area contributed by atoms with Gasteiger partial charge in [-0.2, -0.15) is 0 Å². The third kappa shape index (κ3) is 1.92. The molecule has 14 heavy (non-hydrogen) atoms. The first-order valence-corrected chi connectivity index (χ1v) is 5.86. The summed E-state index contributed by atoms with van der Waals surface area (Å²) in [6.45, 7) is 4.40. The summed E-state index contributed by atoms with van der Waals surface area (Å²) >= 11 is 2.34. The fourth-order valence-corrected chi connectivity index (χ4v) is 2.01. The lowest BCUT2D eigenvalue weighted by molar-refractivity contribution is 0.867. The Balaban J connectivity index is 2.62. The minimum atomic E-state index is 0.554. The second kappa shape index (κ2) is 3.89. The number of hydrogen-bond acceptors (Lipinski definition) is 0. The maximum absolute atomic E-state index is 3.45. The van der Waals surface area contributed by atoms with Crippen LogP contribution in [0, 0.1) is 9.64 Å². The van der Waals surface area contributed by atoms with Crippen molar-refractivity contribution in [3.63, 3.8) is 0 Å². The number of hydrogen-bond donors (Lipinski definition) is 0. The second-order valence-corrected chi connectivity index (χ2v) is 5.05. The molecule has 2 rings (SSSR count). The average Bonchev–Trinajstić information content (AvgIpc) is 2.16. The Kier molecular flexibility index (Phi) is 2.77. The van der Waals surface area contributed by atoms with E-state index >= 15 is 0 Å². The molecule has 0 saturated heterocycles. The van der Waals surface area contributed by atoms with Gasteiger partial charge in [0.15, 0.2) is 0 Å². The predicted molar refractivity (Wildman–Crippen MR) is 69.6 cm³/mol. The molecule has 0 bridgehead atoms. The summed E-state index contributed by atoms with van der Waals surface area (Å²) in [7, 11) is 0. The summed E-state index contributed by atoms with van der Waals surface area (Å²) in [5, 5.41) is 2.50. The topological polar surface area (TPSA) is 0 Å². The van der Waals surface area contributed by atoms with Crippen molar-refractivity contribution in [2.24, 2.45) is 0 Å². The Morgan fingerprint density at radius 3 is 2.64 bits per heavy atom. The molecule has 0 amide bonds. The third-order valence-electron chi connectivity index (χ3n) is 2.36. The molecule has 0 nitrogen and oxygen atoms in total. The van der Waals surface area contributed by atoms with Crippen LogP contribution in [0.1, 0.15) is 25.3 Å². The summed E-state index contributed by atoms with van der Waals surface area (Å²) < 4.78 is 1.28. The van der Waals surface area contributed by atoms with E-state index in [1.54, 1.807) is 0 Å². The zero-order valence-corrected chi connectivity index (χ0v) is 10.5. The minimum Gasteiger partial charge on any atom is -0.0587 e. The molecule has 0 spiro atoms. The molecule has 1 heteroatoms. The lowest BCUT2D eigenvalue weighted by Gasteiger charge is -2.06. The van der Waals surface area contributed by atoms with E-state index in [1.807, 2.05) is 0 Å². The normalized spacial score (nSPS) is 11.1. The van der Waals surface area contributed by atoms with Crippen molar-refractivity contribution in [2.45, 2.75) is 19.8 Å². The Morgan fingerprint density at radius 1 is 1.14 bits per heavy atom. The van der Waals surface area contributed by atoms with Gasteiger partial charge < -0.3 is 0 Å². The van der Waals surface area contributed by atoms with E-state index in [4.69, 9.17) is 0 Å². The van der Waals surface area contributed by atoms with Crippen LogP contribution in [0.4, 0.5) is 0 Å². The predicted octanol–water partition coefficient (Wildman–Crippen LogP) is 4.37. The number of benzene rings is 2. The maximum atomic E-state index is 3.45. The smallest absolute Gasteiger partial charge is 0.0136 e. The summed E-state index contributed by atoms with van der Waals surface area (Å²) in [5.41, 5.74) is 1.29. The van der Waals surface area contributed by atoms with E-state index in [9.17, 15) is 0 Å². The molecule has 0 heterocycles. The second-order valence-electron chi connectivity index (χ2n) is 3.80. The van der Waals surface area contributed by atoms with E-state index < -0.39 is 0 Å². The van der Waals surface area contributed by atoms with Crippen LogP contribution < -0.4 is 0 Å². The number of halogens is 1. The fourth-order valence-electron chi connectivity index (χ4n) is 1.50. The van der Waals surface area contributed by atoms with E-state index in [-0.39, 0.29) is 0 Å². The first-order chi connectivity index (χ1) is 6.66. The van der Waals surface area contributed by atoms with Crippen molar-refractivity contribution in [1.82, 2.24) is 0 Å². The standard InChI is InChI=1S/C13H12I/c1-9(2)10-3-4-12-8-13(14)6-5-11(12)7-10/h3-6,8-9H,1-2H3. The van der Waals surface area contributed by atoms with Gasteiger partial charge in [0, 0.05) is 3.57 Å². The molecule has 0 aromatic heterocycles. The van der Waals surface area contributed by atoms with Gasteiger partial charge in [0.25, 0.3) is 0 Å². The van der Waals surface area contributed by atoms with Crippen LogP contribution in [0.15, 0.2) is 30.3 Å². The van der Waals surface area contributed by atoms with Gasteiger partial charge in [-0.15, -0.1) is 0 Å². The summed E-state index contributed by atoms with van der Waals surface area (Å²) in [6, 6.07) is 14.3. The van der Waals surface area contributed by atoms with Crippen LogP contribution in [0.5, 0.6) is 0 Å². The van der Waals surface area contributed by atoms with E-state index in [0.29, 0.717) is 5.92 Å². The molecule has 0 N–H and O–H groups in total. The molecule has 0 aliphatic carbocycles. The van der Waals surface area contributed by atoms with E-state index in [1.165, 1.54) is 19.9 Å². The van der Waals surface area contributed by atoms with Crippen LogP contribution in [-0.4, -0.2) is 0 Å². The molecular formula is C13H12I. The summed E-state index contributed by atoms with van der Waals surface area (Å²) in [6.07, 6.45) is 0. The van der Waals surface area contributed by atoms with Gasteiger partial charge in [0.2, 0.25) is 0 Å². The number of rotatable bonds is 1. The molecule has 2 aromatic rings. The Morgan fingerprint density at radius 2 is 1.93 bits per heavy atom. The molecule has 0 atom stereocenters. The molecule has 0 aliphatic heterocycles. The van der Waals surface area contributed by atoms with Gasteiger partial charge in [-0.1, -0.05) is 32.0 Å². The fraction of sp³-hybridized carbons (Fsp3) is 0.231. The summed E-state index contributed by atoms with van der Waals surface area (Å²) in [4.78, 5) is 0. The molecule has 2 aromatic carbocycles. The quantitative estimate of drug-likeness (QED) is 0.685. The van der Waals surface area contributed by atoms with Crippen LogP contribution in [0.2, 0.25) is 0 Å². The molecule has 0 saturated carbocycles. The molecule has 0 aliphatic rings. The number of fused-ring (bicyclic) bond motifs is 1. The first kappa shape index (κ1) is 9.97. The minimum absolute atomic E-state index is 0.554. The Labute approximate surface area is 98.5 Å². The summed E-state index contributed by atoms with van der Waals surface area (Å²) in [5.74, 6) is 0.554. The van der Waals surface area contributed by atoms with Crippen molar-refractivity contribution in [3.05, 3.63) is 45.5 Å². The van der Waals surface area contributed by atoms with Crippen molar-refractivity contribution in [1.29, 1.82) is 0 Å². The SMILES string of the molecule is CC(C)c1[c]c2ccc(I)cc2cc1. The monoisotopic (exact) mass is 295 g/mol. The largest absolute Gasteiger partial charge is 0.0587 e. The van der Waals surface area contributed by atoms with Gasteiger partial charge in [-0.3, -0.25) is 0 Å². The molecular weight excluding hydrogens is 283 g/mol. The zero-order chi connectivity index (χ0) is 10.1. The highest BCUT2D eigenvalue weighted by molar-refractivity contribution is 14.1. The Bertz CT molecular complexity index is 458. The van der Waals surface area contributed by atoms with Gasteiger partial charge in [-0.25, -0.2) is 0 Å². The van der Waals surface area contributed by atoms with Crippen molar-refractivity contribution < 1.29 is 0 Å². The van der Waals surface area contributed by atoms with Crippen LogP contribution in [-0.2, 0) is 0 Å². The van der Waals surface area contributed by atoms with E-state index in [2.05, 4.69) is 72.8 Å². The van der Waals surface area contributed by atoms with Crippen molar-refractivity contribution >= 4 is 33.4 Å². The zero-order valence-electron chi connectivity index (χ0n) is 8.34. The van der Waals surface area contributed by atoms with Crippen LogP contribution in [0.3, 0.4) is 0 Å². The highest BCUT2D eigenvalue weighted by atomic mass is 127. The highest BCUT2D eigenvalue weighted by Crippen LogP contribution is 2.22. The van der Waals surface area contributed by atoms with Gasteiger partial charge in [-0.05, 0) is 63.0 Å². The van der Waals surface area contributed by atoms with Crippen LogP contribution in [0.25, 0.3) is 10.8 Å². The van der Waals surface area contributed by atoms with E-state index in [0.717, 1.165) is 0 Å². The average molecular weight is 295 g/mol. The molecule has 0 unspecified atom stereocenters.